The number of nitrogens with two attached hydrogens (primary N) is 1. The van der Waals surface area contributed by atoms with E-state index in [4.69, 9.17) is 5.73 Å². The van der Waals surface area contributed by atoms with E-state index in [2.05, 4.69) is 12.6 Å². The first-order valence-electron chi connectivity index (χ1n) is 4.60. The summed E-state index contributed by atoms with van der Waals surface area (Å²) in [6, 6.07) is 0. The van der Waals surface area contributed by atoms with Crippen LogP contribution in [0.4, 0.5) is 0 Å². The Morgan fingerprint density at radius 2 is 1.92 bits per heavy atom. The highest BCUT2D eigenvalue weighted by Crippen LogP contribution is 2.38. The van der Waals surface area contributed by atoms with Crippen LogP contribution in [0.3, 0.4) is 0 Å². The molecular weight excluding hydrogens is 170 g/mol. The van der Waals surface area contributed by atoms with Gasteiger partial charge in [-0.3, -0.25) is 4.79 Å². The van der Waals surface area contributed by atoms with Crippen LogP contribution < -0.4 is 5.73 Å². The predicted octanol–water partition coefficient (Wildman–Crippen LogP) is 1.74. The lowest BCUT2D eigenvalue weighted by atomic mass is 9.72. The fourth-order valence-corrected chi connectivity index (χ4v) is 2.41. The quantitative estimate of drug-likeness (QED) is 0.661. The van der Waals surface area contributed by atoms with Gasteiger partial charge in [0, 0.05) is 6.42 Å². The molecule has 2 N–H and O–H groups in total. The predicted molar refractivity (Wildman–Crippen MR) is 53.2 cm³/mol. The Balaban J connectivity index is 2.53. The molecule has 0 aromatic heterocycles. The molecule has 0 bridgehead atoms. The fourth-order valence-electron chi connectivity index (χ4n) is 2.08. The van der Waals surface area contributed by atoms with E-state index in [9.17, 15) is 4.79 Å². The molecule has 1 aliphatic carbocycles. The molecule has 0 saturated heterocycles. The van der Waals surface area contributed by atoms with Crippen molar-refractivity contribution >= 4 is 17.7 Å². The highest BCUT2D eigenvalue weighted by Gasteiger charge is 2.31. The van der Waals surface area contributed by atoms with Gasteiger partial charge < -0.3 is 5.73 Å². The minimum Gasteiger partial charge on any atom is -0.330 e. The van der Waals surface area contributed by atoms with Gasteiger partial charge >= 0.3 is 0 Å². The van der Waals surface area contributed by atoms with E-state index < -0.39 is 0 Å². The van der Waals surface area contributed by atoms with Crippen LogP contribution in [0.1, 0.15) is 38.5 Å². The third-order valence-electron chi connectivity index (χ3n) is 2.87. The molecule has 12 heavy (non-hydrogen) atoms. The summed E-state index contributed by atoms with van der Waals surface area (Å²) in [5.41, 5.74) is 5.79. The number of hydrogen-bond donors (Lipinski definition) is 2. The van der Waals surface area contributed by atoms with Crippen molar-refractivity contribution in [2.45, 2.75) is 38.5 Å². The third kappa shape index (κ3) is 2.49. The van der Waals surface area contributed by atoms with E-state index in [1.807, 2.05) is 0 Å². The van der Waals surface area contributed by atoms with E-state index in [1.165, 1.54) is 19.3 Å². The first-order chi connectivity index (χ1) is 5.68. The fraction of sp³-hybridized carbons (Fsp3) is 0.889. The molecule has 0 atom stereocenters. The molecular formula is C9H17NOS. The van der Waals surface area contributed by atoms with E-state index in [0.29, 0.717) is 13.0 Å². The van der Waals surface area contributed by atoms with Crippen LogP contribution in [0.2, 0.25) is 0 Å². The smallest absolute Gasteiger partial charge is 0.186 e. The number of rotatable bonds is 3. The molecule has 0 aromatic carbocycles. The zero-order valence-corrected chi connectivity index (χ0v) is 8.28. The van der Waals surface area contributed by atoms with Crippen molar-refractivity contribution < 1.29 is 4.79 Å². The largest absolute Gasteiger partial charge is 0.330 e. The molecule has 0 aromatic rings. The van der Waals surface area contributed by atoms with Crippen LogP contribution >= 0.6 is 12.6 Å². The van der Waals surface area contributed by atoms with Crippen molar-refractivity contribution in [3.63, 3.8) is 0 Å². The second-order valence-corrected chi connectivity index (χ2v) is 4.33. The zero-order chi connectivity index (χ0) is 9.03. The summed E-state index contributed by atoms with van der Waals surface area (Å²) in [7, 11) is 0. The lowest BCUT2D eigenvalue weighted by Gasteiger charge is -2.35. The zero-order valence-electron chi connectivity index (χ0n) is 7.38. The highest BCUT2D eigenvalue weighted by atomic mass is 32.1. The van der Waals surface area contributed by atoms with Crippen molar-refractivity contribution in [3.05, 3.63) is 0 Å². The van der Waals surface area contributed by atoms with Gasteiger partial charge in [0.2, 0.25) is 0 Å². The van der Waals surface area contributed by atoms with Crippen molar-refractivity contribution in [2.24, 2.45) is 11.1 Å². The van der Waals surface area contributed by atoms with Gasteiger partial charge in [0.1, 0.15) is 0 Å². The average molecular weight is 187 g/mol. The van der Waals surface area contributed by atoms with Crippen molar-refractivity contribution in [3.8, 4) is 0 Å². The standard InChI is InChI=1S/C9H17NOS/c10-7-9(6-8(11)12)4-2-1-3-5-9/h1-7,10H2,(H,11,12). The lowest BCUT2D eigenvalue weighted by Crippen LogP contribution is -2.34. The topological polar surface area (TPSA) is 43.1 Å². The monoisotopic (exact) mass is 187 g/mol. The van der Waals surface area contributed by atoms with E-state index in [1.54, 1.807) is 0 Å². The number of carbonyl (C=O) groups excluding carboxylic acids is 1. The van der Waals surface area contributed by atoms with Crippen LogP contribution in [-0.4, -0.2) is 11.7 Å². The summed E-state index contributed by atoms with van der Waals surface area (Å²) in [5, 5.41) is -0.0117. The molecule has 0 amide bonds. The maximum absolute atomic E-state index is 10.9. The molecule has 0 unspecified atom stereocenters. The molecule has 70 valence electrons. The SMILES string of the molecule is NCC1(CC(=O)S)CCCCC1. The Labute approximate surface area is 79.3 Å². The molecule has 0 spiro atoms. The average Bonchev–Trinajstić information content (AvgIpc) is 2.05. The van der Waals surface area contributed by atoms with Gasteiger partial charge in [0.05, 0.1) is 0 Å². The maximum atomic E-state index is 10.9. The van der Waals surface area contributed by atoms with Crippen molar-refractivity contribution in [2.75, 3.05) is 6.54 Å². The molecule has 3 heteroatoms. The Bertz CT molecular complexity index is 164. The van der Waals surface area contributed by atoms with E-state index in [0.717, 1.165) is 12.8 Å². The molecule has 1 fully saturated rings. The highest BCUT2D eigenvalue weighted by molar-refractivity contribution is 7.96. The normalized spacial score (nSPS) is 22.2. The van der Waals surface area contributed by atoms with E-state index >= 15 is 0 Å². The molecule has 0 radical (unpaired) electrons. The molecule has 1 aliphatic rings. The van der Waals surface area contributed by atoms with E-state index in [-0.39, 0.29) is 10.5 Å². The number of carbonyl (C=O) groups is 1. The summed E-state index contributed by atoms with van der Waals surface area (Å²) in [5.74, 6) is 0. The van der Waals surface area contributed by atoms with Crippen LogP contribution in [0.15, 0.2) is 0 Å². The summed E-state index contributed by atoms with van der Waals surface area (Å²) in [6.07, 6.45) is 6.51. The van der Waals surface area contributed by atoms with Gasteiger partial charge in [-0.1, -0.05) is 19.3 Å². The minimum atomic E-state index is -0.0117. The first-order valence-corrected chi connectivity index (χ1v) is 5.05. The Hall–Kier alpha value is -0.0200. The van der Waals surface area contributed by atoms with Gasteiger partial charge in [-0.2, -0.15) is 0 Å². The second-order valence-electron chi connectivity index (χ2n) is 3.84. The van der Waals surface area contributed by atoms with Gasteiger partial charge in [-0.25, -0.2) is 0 Å². The molecule has 0 aliphatic heterocycles. The van der Waals surface area contributed by atoms with Crippen LogP contribution in [0, 0.1) is 5.41 Å². The van der Waals surface area contributed by atoms with Crippen LogP contribution in [0.25, 0.3) is 0 Å². The second kappa shape index (κ2) is 4.28. The number of thiol groups is 1. The third-order valence-corrected chi connectivity index (χ3v) is 3.03. The maximum Gasteiger partial charge on any atom is 0.186 e. The molecule has 0 heterocycles. The first kappa shape index (κ1) is 10.1. The summed E-state index contributed by atoms with van der Waals surface area (Å²) in [4.78, 5) is 10.9. The number of hydrogen-bond acceptors (Lipinski definition) is 2. The van der Waals surface area contributed by atoms with Crippen molar-refractivity contribution in [1.29, 1.82) is 0 Å². The summed E-state index contributed by atoms with van der Waals surface area (Å²) in [6.45, 7) is 0.638. The Morgan fingerprint density at radius 1 is 1.33 bits per heavy atom. The van der Waals surface area contributed by atoms with Crippen molar-refractivity contribution in [1.82, 2.24) is 0 Å². The Kier molecular flexibility index (Phi) is 3.59. The summed E-state index contributed by atoms with van der Waals surface area (Å²) >= 11 is 3.82. The summed E-state index contributed by atoms with van der Waals surface area (Å²) < 4.78 is 0. The van der Waals surface area contributed by atoms with Crippen LogP contribution in [0.5, 0.6) is 0 Å². The molecule has 1 rings (SSSR count). The Morgan fingerprint density at radius 3 is 2.33 bits per heavy atom. The van der Waals surface area contributed by atoms with Gasteiger partial charge in [0.25, 0.3) is 0 Å². The van der Waals surface area contributed by atoms with Gasteiger partial charge in [-0.05, 0) is 24.8 Å². The van der Waals surface area contributed by atoms with Crippen LogP contribution in [-0.2, 0) is 4.79 Å². The van der Waals surface area contributed by atoms with Gasteiger partial charge in [0.15, 0.2) is 5.12 Å². The molecule has 2 nitrogen and oxygen atoms in total. The van der Waals surface area contributed by atoms with Gasteiger partial charge in [-0.15, -0.1) is 12.6 Å². The minimum absolute atomic E-state index is 0.0117. The lowest BCUT2D eigenvalue weighted by molar-refractivity contribution is -0.113. The molecule has 1 saturated carbocycles.